The maximum absolute atomic E-state index is 12.5. The van der Waals surface area contributed by atoms with Crippen LogP contribution in [-0.2, 0) is 14.6 Å². The van der Waals surface area contributed by atoms with Gasteiger partial charge in [-0.05, 0) is 24.3 Å². The van der Waals surface area contributed by atoms with Crippen molar-refractivity contribution in [3.63, 3.8) is 0 Å². The molecular weight excluding hydrogens is 398 g/mol. The number of aliphatic hydroxyl groups excluding tert-OH is 1. The van der Waals surface area contributed by atoms with E-state index in [1.54, 1.807) is 12.1 Å². The van der Waals surface area contributed by atoms with Gasteiger partial charge in [0.1, 0.15) is 10.8 Å². The van der Waals surface area contributed by atoms with Crippen LogP contribution in [0.15, 0.2) is 37.4 Å². The van der Waals surface area contributed by atoms with E-state index in [0.29, 0.717) is 12.0 Å². The third-order valence-electron chi connectivity index (χ3n) is 4.38. The Kier molecular flexibility index (Phi) is 9.00. The summed E-state index contributed by atoms with van der Waals surface area (Å²) in [7, 11) is -3.72. The van der Waals surface area contributed by atoms with Crippen LogP contribution in [0.1, 0.15) is 22.3 Å². The molecule has 1 saturated heterocycles. The van der Waals surface area contributed by atoms with Crippen molar-refractivity contribution < 1.29 is 28.3 Å². The average molecular weight is 423 g/mol. The van der Waals surface area contributed by atoms with Gasteiger partial charge in [-0.1, -0.05) is 11.8 Å². The molecule has 2 rings (SSSR count). The summed E-state index contributed by atoms with van der Waals surface area (Å²) in [4.78, 5) is 24.6. The molecule has 0 radical (unpaired) electrons. The van der Waals surface area contributed by atoms with Crippen LogP contribution in [0.2, 0.25) is 0 Å². The summed E-state index contributed by atoms with van der Waals surface area (Å²) in [5, 5.41) is 22.9. The largest absolute Gasteiger partial charge is 0.395 e. The summed E-state index contributed by atoms with van der Waals surface area (Å²) >= 11 is 0. The average Bonchev–Trinajstić information content (AvgIpc) is 2.67. The van der Waals surface area contributed by atoms with Gasteiger partial charge in [0.2, 0.25) is 0 Å². The number of carbonyl (C=O) groups excluding carboxylic acids is 2. The molecule has 0 bridgehead atoms. The molecule has 0 saturated carbocycles. The first-order valence-corrected chi connectivity index (χ1v) is 10.5. The minimum absolute atomic E-state index is 0.0242. The van der Waals surface area contributed by atoms with Gasteiger partial charge in [-0.25, -0.2) is 13.9 Å². The standard InChI is InChI=1S/C17H21N3O6S.C2H4/c1-27(25,26)17(10-18-11-17)14(16(23)20-24)19-15(22)13-7-5-12(6-8-13)4-2-3-9-21;1-2/h5-8,14,18,21,24H,3,9-11H2,1H3,(H,19,22)(H,20,23);1-2H2. The summed E-state index contributed by atoms with van der Waals surface area (Å²) in [6.07, 6.45) is 1.32. The van der Waals surface area contributed by atoms with Crippen molar-refractivity contribution in [2.75, 3.05) is 26.0 Å². The van der Waals surface area contributed by atoms with Crippen molar-refractivity contribution in [2.24, 2.45) is 0 Å². The predicted octanol–water partition coefficient (Wildman–Crippen LogP) is -0.787. The summed E-state index contributed by atoms with van der Waals surface area (Å²) in [5.74, 6) is 3.90. The Hall–Kier alpha value is -2.71. The zero-order chi connectivity index (χ0) is 22.1. The van der Waals surface area contributed by atoms with Crippen molar-refractivity contribution >= 4 is 21.7 Å². The lowest BCUT2D eigenvalue weighted by molar-refractivity contribution is -0.132. The second-order valence-corrected chi connectivity index (χ2v) is 8.53. The molecule has 1 aromatic carbocycles. The normalized spacial score (nSPS) is 15.3. The molecule has 1 fully saturated rings. The van der Waals surface area contributed by atoms with Crippen molar-refractivity contribution in [3.8, 4) is 11.8 Å². The number of nitrogens with one attached hydrogen (secondary N) is 3. The molecule has 158 valence electrons. The van der Waals surface area contributed by atoms with E-state index in [9.17, 15) is 18.0 Å². The van der Waals surface area contributed by atoms with Gasteiger partial charge in [0.25, 0.3) is 11.8 Å². The number of amides is 2. The van der Waals surface area contributed by atoms with E-state index in [-0.39, 0.29) is 25.3 Å². The van der Waals surface area contributed by atoms with Gasteiger partial charge >= 0.3 is 0 Å². The number of hydrogen-bond acceptors (Lipinski definition) is 7. The molecule has 1 aliphatic heterocycles. The Morgan fingerprint density at radius 1 is 1.28 bits per heavy atom. The highest BCUT2D eigenvalue weighted by Crippen LogP contribution is 2.27. The quantitative estimate of drug-likeness (QED) is 0.175. The maximum Gasteiger partial charge on any atom is 0.267 e. The van der Waals surface area contributed by atoms with Crippen molar-refractivity contribution in [2.45, 2.75) is 17.2 Å². The molecule has 5 N–H and O–H groups in total. The summed E-state index contributed by atoms with van der Waals surface area (Å²) in [6.45, 7) is 5.91. The van der Waals surface area contributed by atoms with Gasteiger partial charge < -0.3 is 15.7 Å². The zero-order valence-electron chi connectivity index (χ0n) is 16.1. The van der Waals surface area contributed by atoms with Crippen LogP contribution in [-0.4, -0.2) is 67.3 Å². The van der Waals surface area contributed by atoms with E-state index in [1.165, 1.54) is 17.6 Å². The molecule has 2 amide bonds. The first-order chi connectivity index (χ1) is 13.7. The van der Waals surface area contributed by atoms with Gasteiger partial charge in [0.15, 0.2) is 9.84 Å². The zero-order valence-corrected chi connectivity index (χ0v) is 16.9. The monoisotopic (exact) mass is 423 g/mol. The van der Waals surface area contributed by atoms with Crippen LogP contribution in [0.4, 0.5) is 0 Å². The minimum atomic E-state index is -3.72. The van der Waals surface area contributed by atoms with Gasteiger partial charge in [0, 0.05) is 36.9 Å². The maximum atomic E-state index is 12.5. The molecule has 1 aliphatic rings. The smallest absolute Gasteiger partial charge is 0.267 e. The fourth-order valence-corrected chi connectivity index (χ4v) is 4.01. The molecule has 1 aromatic rings. The lowest BCUT2D eigenvalue weighted by atomic mass is 9.91. The van der Waals surface area contributed by atoms with E-state index in [1.807, 2.05) is 0 Å². The third-order valence-corrected chi connectivity index (χ3v) is 6.38. The van der Waals surface area contributed by atoms with E-state index in [0.717, 1.165) is 6.26 Å². The number of benzene rings is 1. The minimum Gasteiger partial charge on any atom is -0.395 e. The summed E-state index contributed by atoms with van der Waals surface area (Å²) in [6, 6.07) is 4.70. The first-order valence-electron chi connectivity index (χ1n) is 8.60. The van der Waals surface area contributed by atoms with Crippen LogP contribution in [0.3, 0.4) is 0 Å². The SMILES string of the molecule is C=C.CS(=O)(=O)C1(C(NC(=O)c2ccc(C#CCCO)cc2)C(=O)NO)CNC1. The number of sulfone groups is 1. The van der Waals surface area contributed by atoms with E-state index in [2.05, 4.69) is 35.6 Å². The Balaban J connectivity index is 0.00000204. The molecule has 0 spiro atoms. The number of aliphatic hydroxyl groups is 1. The molecule has 10 heteroatoms. The van der Waals surface area contributed by atoms with E-state index >= 15 is 0 Å². The van der Waals surface area contributed by atoms with Gasteiger partial charge in [-0.15, -0.1) is 13.2 Å². The fraction of sp³-hybridized carbons (Fsp3) is 0.368. The van der Waals surface area contributed by atoms with Crippen LogP contribution in [0, 0.1) is 11.8 Å². The Morgan fingerprint density at radius 2 is 1.86 bits per heavy atom. The van der Waals surface area contributed by atoms with Crippen LogP contribution >= 0.6 is 0 Å². The molecular formula is C19H25N3O6S. The third kappa shape index (κ3) is 5.65. The predicted molar refractivity (Wildman–Crippen MR) is 108 cm³/mol. The Morgan fingerprint density at radius 3 is 2.28 bits per heavy atom. The second-order valence-electron chi connectivity index (χ2n) is 6.18. The molecule has 1 atom stereocenters. The summed E-state index contributed by atoms with van der Waals surface area (Å²) in [5.41, 5.74) is 2.26. The van der Waals surface area contributed by atoms with Crippen molar-refractivity contribution in [1.29, 1.82) is 0 Å². The first kappa shape index (κ1) is 24.3. The van der Waals surface area contributed by atoms with Crippen LogP contribution < -0.4 is 16.1 Å². The van der Waals surface area contributed by atoms with Gasteiger partial charge in [-0.2, -0.15) is 0 Å². The molecule has 29 heavy (non-hydrogen) atoms. The van der Waals surface area contributed by atoms with Crippen molar-refractivity contribution in [3.05, 3.63) is 48.6 Å². The molecule has 1 heterocycles. The van der Waals surface area contributed by atoms with Gasteiger partial charge in [0.05, 0.1) is 6.61 Å². The number of carbonyl (C=O) groups is 2. The fourth-order valence-electron chi connectivity index (χ4n) is 2.69. The van der Waals surface area contributed by atoms with Crippen molar-refractivity contribution in [1.82, 2.24) is 16.1 Å². The van der Waals surface area contributed by atoms with E-state index < -0.39 is 32.4 Å². The highest BCUT2D eigenvalue weighted by atomic mass is 32.2. The Bertz CT molecular complexity index is 883. The Labute approximate surface area is 170 Å². The molecule has 1 unspecified atom stereocenters. The number of hydroxylamine groups is 1. The van der Waals surface area contributed by atoms with E-state index in [4.69, 9.17) is 10.3 Å². The topological polar surface area (TPSA) is 145 Å². The van der Waals surface area contributed by atoms with Crippen LogP contribution in [0.5, 0.6) is 0 Å². The van der Waals surface area contributed by atoms with Crippen LogP contribution in [0.25, 0.3) is 0 Å². The lowest BCUT2D eigenvalue weighted by Gasteiger charge is -2.45. The number of hydrogen-bond donors (Lipinski definition) is 5. The molecule has 0 aromatic heterocycles. The highest BCUT2D eigenvalue weighted by molar-refractivity contribution is 7.92. The lowest BCUT2D eigenvalue weighted by Crippen LogP contribution is -2.76. The highest BCUT2D eigenvalue weighted by Gasteiger charge is 2.56. The van der Waals surface area contributed by atoms with Gasteiger partial charge in [-0.3, -0.25) is 14.8 Å². The summed E-state index contributed by atoms with van der Waals surface area (Å²) < 4.78 is 22.9. The molecule has 0 aliphatic carbocycles. The molecule has 9 nitrogen and oxygen atoms in total. The second kappa shape index (κ2) is 10.7. The number of rotatable bonds is 6.